The van der Waals surface area contributed by atoms with Gasteiger partial charge in [0.25, 0.3) is 5.91 Å². The van der Waals surface area contributed by atoms with Gasteiger partial charge in [-0.1, -0.05) is 48.0 Å². The number of carbonyl (C=O) groups excluding carboxylic acids is 1. The number of imidazole rings is 1. The zero-order chi connectivity index (χ0) is 18.4. The van der Waals surface area contributed by atoms with E-state index in [-0.39, 0.29) is 5.91 Å². The Balaban J connectivity index is 1.50. The molecule has 26 heavy (non-hydrogen) atoms. The molecule has 1 N–H and O–H groups in total. The topological polar surface area (TPSA) is 56.1 Å². The van der Waals surface area contributed by atoms with Gasteiger partial charge < -0.3 is 14.6 Å². The third kappa shape index (κ3) is 4.86. The van der Waals surface area contributed by atoms with Gasteiger partial charge in [-0.15, -0.1) is 0 Å². The lowest BCUT2D eigenvalue weighted by atomic mass is 10.1. The minimum absolute atomic E-state index is 0.188. The second-order valence-corrected chi connectivity index (χ2v) is 6.37. The summed E-state index contributed by atoms with van der Waals surface area (Å²) in [4.78, 5) is 16.3. The fourth-order valence-corrected chi connectivity index (χ4v) is 2.65. The Morgan fingerprint density at radius 2 is 1.92 bits per heavy atom. The number of benzene rings is 2. The van der Waals surface area contributed by atoms with E-state index < -0.39 is 6.10 Å². The van der Waals surface area contributed by atoms with Crippen LogP contribution in [0.4, 0.5) is 0 Å². The molecule has 1 amide bonds. The van der Waals surface area contributed by atoms with Crippen LogP contribution in [0.5, 0.6) is 5.75 Å². The maximum absolute atomic E-state index is 12.2. The van der Waals surface area contributed by atoms with E-state index in [0.29, 0.717) is 17.3 Å². The van der Waals surface area contributed by atoms with Gasteiger partial charge >= 0.3 is 0 Å². The van der Waals surface area contributed by atoms with Crippen LogP contribution in [0.1, 0.15) is 18.1 Å². The Morgan fingerprint density at radius 3 is 2.62 bits per heavy atom. The van der Waals surface area contributed by atoms with E-state index in [0.717, 1.165) is 12.1 Å². The van der Waals surface area contributed by atoms with Gasteiger partial charge in [-0.2, -0.15) is 0 Å². The Kier molecular flexibility index (Phi) is 5.92. The second-order valence-electron chi connectivity index (χ2n) is 5.96. The van der Waals surface area contributed by atoms with Crippen molar-refractivity contribution >= 4 is 17.5 Å². The molecule has 1 aromatic heterocycles. The molecule has 2 aromatic carbocycles. The van der Waals surface area contributed by atoms with Crippen LogP contribution in [0.2, 0.25) is 5.02 Å². The van der Waals surface area contributed by atoms with E-state index in [1.807, 2.05) is 47.2 Å². The number of rotatable bonds is 7. The van der Waals surface area contributed by atoms with Crippen LogP contribution in [-0.2, 0) is 17.9 Å². The zero-order valence-corrected chi connectivity index (χ0v) is 15.2. The normalized spacial score (nSPS) is 11.8. The Bertz CT molecular complexity index is 848. The molecule has 0 aliphatic carbocycles. The molecular weight excluding hydrogens is 350 g/mol. The average Bonchev–Trinajstić information content (AvgIpc) is 3.16. The summed E-state index contributed by atoms with van der Waals surface area (Å²) in [7, 11) is 0. The van der Waals surface area contributed by atoms with E-state index in [1.54, 1.807) is 31.6 Å². The highest BCUT2D eigenvalue weighted by Crippen LogP contribution is 2.24. The lowest BCUT2D eigenvalue weighted by Crippen LogP contribution is -2.35. The summed E-state index contributed by atoms with van der Waals surface area (Å²) in [5.74, 6) is 0.313. The molecule has 6 heteroatoms. The summed E-state index contributed by atoms with van der Waals surface area (Å²) in [6.45, 7) is 2.92. The smallest absolute Gasteiger partial charge is 0.261 e. The van der Waals surface area contributed by atoms with E-state index in [9.17, 15) is 4.79 Å². The van der Waals surface area contributed by atoms with E-state index >= 15 is 0 Å². The van der Waals surface area contributed by atoms with Crippen LogP contribution in [0, 0.1) is 0 Å². The molecule has 1 unspecified atom stereocenters. The molecule has 0 fully saturated rings. The summed E-state index contributed by atoms with van der Waals surface area (Å²) in [5, 5.41) is 3.37. The highest BCUT2D eigenvalue weighted by Gasteiger charge is 2.15. The van der Waals surface area contributed by atoms with Crippen molar-refractivity contribution in [1.82, 2.24) is 14.9 Å². The molecule has 0 radical (unpaired) electrons. The standard InChI is InChI=1S/C20H20ClN3O2/c1-15(26-19-5-3-2-4-18(19)21)20(25)23-12-16-6-8-17(9-7-16)13-24-11-10-22-14-24/h2-11,14-15H,12-13H2,1H3,(H,23,25). The van der Waals surface area contributed by atoms with Crippen molar-refractivity contribution in [2.24, 2.45) is 0 Å². The maximum Gasteiger partial charge on any atom is 0.261 e. The molecule has 0 saturated carbocycles. The first-order valence-corrected chi connectivity index (χ1v) is 8.72. The van der Waals surface area contributed by atoms with Crippen LogP contribution in [0.15, 0.2) is 67.3 Å². The molecule has 0 aliphatic rings. The second kappa shape index (κ2) is 8.54. The van der Waals surface area contributed by atoms with Gasteiger partial charge in [0, 0.05) is 25.5 Å². The number of hydrogen-bond donors (Lipinski definition) is 1. The third-order valence-electron chi connectivity index (χ3n) is 3.92. The molecule has 3 aromatic rings. The van der Waals surface area contributed by atoms with Gasteiger partial charge in [-0.25, -0.2) is 4.98 Å². The third-order valence-corrected chi connectivity index (χ3v) is 4.24. The average molecular weight is 370 g/mol. The first kappa shape index (κ1) is 18.0. The predicted octanol–water partition coefficient (Wildman–Crippen LogP) is 3.67. The number of nitrogens with zero attached hydrogens (tertiary/aromatic N) is 2. The van der Waals surface area contributed by atoms with Gasteiger partial charge in [0.05, 0.1) is 11.3 Å². The predicted molar refractivity (Wildman–Crippen MR) is 101 cm³/mol. The summed E-state index contributed by atoms with van der Waals surface area (Å²) in [6, 6.07) is 15.2. The van der Waals surface area contributed by atoms with E-state index in [1.165, 1.54) is 5.56 Å². The fraction of sp³-hybridized carbons (Fsp3) is 0.200. The molecule has 0 saturated heterocycles. The minimum Gasteiger partial charge on any atom is -0.479 e. The minimum atomic E-state index is -0.629. The van der Waals surface area contributed by atoms with Gasteiger partial charge in [0.15, 0.2) is 6.10 Å². The van der Waals surface area contributed by atoms with Gasteiger partial charge in [-0.05, 0) is 30.2 Å². The number of ether oxygens (including phenoxy) is 1. The van der Waals surface area contributed by atoms with Crippen molar-refractivity contribution in [2.75, 3.05) is 0 Å². The number of aromatic nitrogens is 2. The molecule has 3 rings (SSSR count). The number of carbonyl (C=O) groups is 1. The summed E-state index contributed by atoms with van der Waals surface area (Å²) in [5.41, 5.74) is 2.20. The number of hydrogen-bond acceptors (Lipinski definition) is 3. The fourth-order valence-electron chi connectivity index (χ4n) is 2.47. The summed E-state index contributed by atoms with van der Waals surface area (Å²) in [6.07, 6.45) is 4.84. The first-order valence-electron chi connectivity index (χ1n) is 8.34. The zero-order valence-electron chi connectivity index (χ0n) is 14.4. The number of para-hydroxylation sites is 1. The molecular formula is C20H20ClN3O2. The molecule has 5 nitrogen and oxygen atoms in total. The number of halogens is 1. The summed E-state index contributed by atoms with van der Waals surface area (Å²) < 4.78 is 7.62. The van der Waals surface area contributed by atoms with E-state index in [4.69, 9.17) is 16.3 Å². The van der Waals surface area contributed by atoms with Crippen molar-refractivity contribution in [1.29, 1.82) is 0 Å². The largest absolute Gasteiger partial charge is 0.479 e. The highest BCUT2D eigenvalue weighted by molar-refractivity contribution is 6.32. The molecule has 0 bridgehead atoms. The Labute approximate surface area is 157 Å². The first-order chi connectivity index (χ1) is 12.6. The Morgan fingerprint density at radius 1 is 1.19 bits per heavy atom. The lowest BCUT2D eigenvalue weighted by molar-refractivity contribution is -0.127. The van der Waals surface area contributed by atoms with Crippen LogP contribution in [0.25, 0.3) is 0 Å². The molecule has 1 heterocycles. The van der Waals surface area contributed by atoms with Crippen LogP contribution in [0.3, 0.4) is 0 Å². The SMILES string of the molecule is CC(Oc1ccccc1Cl)C(=O)NCc1ccc(Cn2ccnc2)cc1. The Hall–Kier alpha value is -2.79. The van der Waals surface area contributed by atoms with Gasteiger partial charge in [0.1, 0.15) is 5.75 Å². The van der Waals surface area contributed by atoms with Crippen LogP contribution in [-0.4, -0.2) is 21.6 Å². The molecule has 0 aliphatic heterocycles. The van der Waals surface area contributed by atoms with Crippen molar-refractivity contribution in [3.05, 3.63) is 83.4 Å². The highest BCUT2D eigenvalue weighted by atomic mass is 35.5. The van der Waals surface area contributed by atoms with Gasteiger partial charge in [-0.3, -0.25) is 4.79 Å². The lowest BCUT2D eigenvalue weighted by Gasteiger charge is -2.15. The molecule has 134 valence electrons. The quantitative estimate of drug-likeness (QED) is 0.691. The van der Waals surface area contributed by atoms with Crippen LogP contribution >= 0.6 is 11.6 Å². The van der Waals surface area contributed by atoms with E-state index in [2.05, 4.69) is 10.3 Å². The number of amides is 1. The van der Waals surface area contributed by atoms with Crippen molar-refractivity contribution < 1.29 is 9.53 Å². The summed E-state index contributed by atoms with van der Waals surface area (Å²) >= 11 is 6.05. The van der Waals surface area contributed by atoms with Crippen LogP contribution < -0.4 is 10.1 Å². The molecule has 1 atom stereocenters. The molecule has 0 spiro atoms. The monoisotopic (exact) mass is 369 g/mol. The van der Waals surface area contributed by atoms with Crippen molar-refractivity contribution in [3.63, 3.8) is 0 Å². The van der Waals surface area contributed by atoms with Crippen molar-refractivity contribution in [2.45, 2.75) is 26.1 Å². The van der Waals surface area contributed by atoms with Crippen molar-refractivity contribution in [3.8, 4) is 5.75 Å². The number of nitrogens with one attached hydrogen (secondary N) is 1. The maximum atomic E-state index is 12.2. The van der Waals surface area contributed by atoms with Gasteiger partial charge in [0.2, 0.25) is 0 Å².